The minimum atomic E-state index is -0.348. The van der Waals surface area contributed by atoms with Crippen molar-refractivity contribution < 1.29 is 4.42 Å². The van der Waals surface area contributed by atoms with Gasteiger partial charge in [-0.1, -0.05) is 0 Å². The summed E-state index contributed by atoms with van der Waals surface area (Å²) in [5.74, 6) is 1.53. The highest BCUT2D eigenvalue weighted by atomic mass is 16.3. The molecular formula is C11H11N5O2. The summed E-state index contributed by atoms with van der Waals surface area (Å²) in [5, 5.41) is 13.4. The highest BCUT2D eigenvalue weighted by Gasteiger charge is 2.02. The van der Waals surface area contributed by atoms with Gasteiger partial charge >= 0.3 is 5.69 Å². The molecule has 0 amide bonds. The van der Waals surface area contributed by atoms with E-state index in [1.807, 2.05) is 12.1 Å². The number of furan rings is 1. The van der Waals surface area contributed by atoms with Gasteiger partial charge in [-0.15, -0.1) is 5.10 Å². The third-order valence-corrected chi connectivity index (χ3v) is 2.53. The summed E-state index contributed by atoms with van der Waals surface area (Å²) in [4.78, 5) is 11.3. The zero-order chi connectivity index (χ0) is 12.4. The van der Waals surface area contributed by atoms with Crippen molar-refractivity contribution in [2.75, 3.05) is 11.9 Å². The Balaban J connectivity index is 1.70. The topological polar surface area (TPSA) is 88.2 Å². The molecule has 0 aromatic carbocycles. The van der Waals surface area contributed by atoms with Crippen molar-refractivity contribution in [3.63, 3.8) is 0 Å². The van der Waals surface area contributed by atoms with Crippen molar-refractivity contribution in [2.45, 2.75) is 6.42 Å². The van der Waals surface area contributed by atoms with Gasteiger partial charge in [0.1, 0.15) is 11.6 Å². The monoisotopic (exact) mass is 245 g/mol. The van der Waals surface area contributed by atoms with Gasteiger partial charge in [0.15, 0.2) is 5.65 Å². The lowest BCUT2D eigenvalue weighted by atomic mass is 10.3. The van der Waals surface area contributed by atoms with E-state index in [-0.39, 0.29) is 5.69 Å². The summed E-state index contributed by atoms with van der Waals surface area (Å²) >= 11 is 0. The van der Waals surface area contributed by atoms with Crippen LogP contribution in [0.3, 0.4) is 0 Å². The van der Waals surface area contributed by atoms with Crippen molar-refractivity contribution in [2.24, 2.45) is 0 Å². The molecule has 3 rings (SSSR count). The fourth-order valence-electron chi connectivity index (χ4n) is 1.67. The van der Waals surface area contributed by atoms with Crippen molar-refractivity contribution in [3.05, 3.63) is 46.8 Å². The Morgan fingerprint density at radius 1 is 1.39 bits per heavy atom. The molecule has 0 saturated heterocycles. The van der Waals surface area contributed by atoms with E-state index in [1.54, 1.807) is 18.4 Å². The molecule has 0 atom stereocenters. The molecule has 2 N–H and O–H groups in total. The van der Waals surface area contributed by atoms with Gasteiger partial charge in [0.2, 0.25) is 0 Å². The molecule has 0 saturated carbocycles. The largest absolute Gasteiger partial charge is 0.469 e. The molecule has 0 aliphatic rings. The molecule has 0 aliphatic heterocycles. The summed E-state index contributed by atoms with van der Waals surface area (Å²) in [6.45, 7) is 0.679. The first-order valence-corrected chi connectivity index (χ1v) is 5.54. The number of hydrogen-bond acceptors (Lipinski definition) is 5. The van der Waals surface area contributed by atoms with Crippen LogP contribution in [0.25, 0.3) is 5.65 Å². The van der Waals surface area contributed by atoms with E-state index in [0.29, 0.717) is 18.0 Å². The van der Waals surface area contributed by atoms with Gasteiger partial charge in [-0.25, -0.2) is 9.89 Å². The second-order valence-electron chi connectivity index (χ2n) is 3.77. The Morgan fingerprint density at radius 3 is 3.17 bits per heavy atom. The Morgan fingerprint density at radius 2 is 2.33 bits per heavy atom. The van der Waals surface area contributed by atoms with E-state index in [1.165, 1.54) is 4.52 Å². The molecule has 0 spiro atoms. The molecule has 3 aromatic heterocycles. The van der Waals surface area contributed by atoms with Crippen LogP contribution in [-0.2, 0) is 6.42 Å². The molecule has 0 bridgehead atoms. The van der Waals surface area contributed by atoms with Crippen molar-refractivity contribution in [3.8, 4) is 0 Å². The van der Waals surface area contributed by atoms with Gasteiger partial charge in [-0.3, -0.25) is 0 Å². The van der Waals surface area contributed by atoms with Gasteiger partial charge in [-0.05, 0) is 24.3 Å². The molecule has 92 valence electrons. The predicted octanol–water partition coefficient (Wildman–Crippen LogP) is 0.665. The Kier molecular flexibility index (Phi) is 2.56. The maximum absolute atomic E-state index is 11.3. The van der Waals surface area contributed by atoms with E-state index in [9.17, 15) is 4.79 Å². The second-order valence-corrected chi connectivity index (χ2v) is 3.77. The Bertz CT molecular complexity index is 698. The minimum Gasteiger partial charge on any atom is -0.469 e. The zero-order valence-corrected chi connectivity index (χ0v) is 9.46. The average Bonchev–Trinajstić information content (AvgIpc) is 3.01. The van der Waals surface area contributed by atoms with Crippen LogP contribution in [0.1, 0.15) is 5.76 Å². The maximum Gasteiger partial charge on any atom is 0.364 e. The second kappa shape index (κ2) is 4.36. The summed E-state index contributed by atoms with van der Waals surface area (Å²) in [6, 6.07) is 7.27. The number of aromatic amines is 1. The van der Waals surface area contributed by atoms with Crippen LogP contribution in [0.2, 0.25) is 0 Å². The molecule has 0 radical (unpaired) electrons. The number of aromatic nitrogens is 4. The van der Waals surface area contributed by atoms with Gasteiger partial charge in [0.25, 0.3) is 0 Å². The summed E-state index contributed by atoms with van der Waals surface area (Å²) in [6.07, 6.45) is 2.40. The van der Waals surface area contributed by atoms with Crippen molar-refractivity contribution in [1.82, 2.24) is 19.8 Å². The maximum atomic E-state index is 11.3. The molecule has 7 heteroatoms. The number of nitrogens with zero attached hydrogens (tertiary/aromatic N) is 3. The number of fused-ring (bicyclic) bond motifs is 1. The van der Waals surface area contributed by atoms with Crippen LogP contribution < -0.4 is 11.0 Å². The lowest BCUT2D eigenvalue weighted by molar-refractivity contribution is 0.513. The normalized spacial score (nSPS) is 10.9. The van der Waals surface area contributed by atoms with Crippen molar-refractivity contribution in [1.29, 1.82) is 0 Å². The lowest BCUT2D eigenvalue weighted by Crippen LogP contribution is -2.14. The van der Waals surface area contributed by atoms with Gasteiger partial charge < -0.3 is 9.73 Å². The van der Waals surface area contributed by atoms with Crippen LogP contribution in [0.4, 0.5) is 5.82 Å². The van der Waals surface area contributed by atoms with E-state index < -0.39 is 0 Å². The van der Waals surface area contributed by atoms with Crippen LogP contribution in [0.5, 0.6) is 0 Å². The first-order valence-electron chi connectivity index (χ1n) is 5.54. The quantitative estimate of drug-likeness (QED) is 0.705. The molecule has 0 aliphatic carbocycles. The van der Waals surface area contributed by atoms with Crippen LogP contribution in [-0.4, -0.2) is 26.4 Å². The lowest BCUT2D eigenvalue weighted by Gasteiger charge is -2.03. The van der Waals surface area contributed by atoms with Crippen LogP contribution in [0.15, 0.2) is 39.7 Å². The number of H-pyrrole nitrogens is 1. The first-order chi connectivity index (χ1) is 8.83. The first kappa shape index (κ1) is 10.6. The molecule has 0 fully saturated rings. The van der Waals surface area contributed by atoms with E-state index in [2.05, 4.69) is 20.6 Å². The Labute approximate surface area is 101 Å². The average molecular weight is 245 g/mol. The van der Waals surface area contributed by atoms with Gasteiger partial charge in [0, 0.05) is 13.0 Å². The summed E-state index contributed by atoms with van der Waals surface area (Å²) < 4.78 is 6.44. The van der Waals surface area contributed by atoms with Gasteiger partial charge in [-0.2, -0.15) is 9.61 Å². The SMILES string of the molecule is O=c1[nH]nc2ccc(NCCc3ccco3)nn12. The van der Waals surface area contributed by atoms with Crippen LogP contribution in [0, 0.1) is 0 Å². The van der Waals surface area contributed by atoms with Crippen molar-refractivity contribution >= 4 is 11.5 Å². The fourth-order valence-corrected chi connectivity index (χ4v) is 1.67. The molecule has 7 nitrogen and oxygen atoms in total. The van der Waals surface area contributed by atoms with E-state index in [0.717, 1.165) is 12.2 Å². The standard InChI is InChI=1S/C11H11N5O2/c17-11-14-13-10-4-3-9(15-16(10)11)12-6-5-8-2-1-7-18-8/h1-4,7H,5-6H2,(H,12,15)(H,14,17). The smallest absolute Gasteiger partial charge is 0.364 e. The van der Waals surface area contributed by atoms with Gasteiger partial charge in [0.05, 0.1) is 6.26 Å². The van der Waals surface area contributed by atoms with E-state index >= 15 is 0 Å². The number of hydrogen-bond donors (Lipinski definition) is 2. The molecular weight excluding hydrogens is 234 g/mol. The Hall–Kier alpha value is -2.57. The minimum absolute atomic E-state index is 0.348. The number of nitrogens with one attached hydrogen (secondary N) is 2. The number of anilines is 1. The molecule has 18 heavy (non-hydrogen) atoms. The number of rotatable bonds is 4. The molecule has 3 heterocycles. The predicted molar refractivity (Wildman–Crippen MR) is 64.5 cm³/mol. The fraction of sp³-hybridized carbons (Fsp3) is 0.182. The third kappa shape index (κ3) is 1.97. The zero-order valence-electron chi connectivity index (χ0n) is 9.46. The highest BCUT2D eigenvalue weighted by Crippen LogP contribution is 2.04. The van der Waals surface area contributed by atoms with Crippen LogP contribution >= 0.6 is 0 Å². The highest BCUT2D eigenvalue weighted by molar-refractivity contribution is 5.42. The summed E-state index contributed by atoms with van der Waals surface area (Å²) in [7, 11) is 0. The molecule has 3 aromatic rings. The molecule has 0 unspecified atom stereocenters. The summed E-state index contributed by atoms with van der Waals surface area (Å²) in [5.41, 5.74) is 0.149. The third-order valence-electron chi connectivity index (χ3n) is 2.53. The van der Waals surface area contributed by atoms with E-state index in [4.69, 9.17) is 4.42 Å².